The van der Waals surface area contributed by atoms with Crippen LogP contribution in [0.4, 0.5) is 0 Å². The highest BCUT2D eigenvalue weighted by atomic mass is 32.2. The minimum atomic E-state index is -1.41. The molecule has 3 aliphatic carbocycles. The lowest BCUT2D eigenvalue weighted by atomic mass is 9.62. The third-order valence-electron chi connectivity index (χ3n) is 8.13. The summed E-state index contributed by atoms with van der Waals surface area (Å²) in [5, 5.41) is 7.38. The molecule has 190 valence electrons. The Balaban J connectivity index is 1.37. The van der Waals surface area contributed by atoms with Gasteiger partial charge in [0.2, 0.25) is 5.76 Å². The van der Waals surface area contributed by atoms with Crippen LogP contribution in [0.3, 0.4) is 0 Å². The van der Waals surface area contributed by atoms with E-state index in [2.05, 4.69) is 24.3 Å². The molecule has 1 N–H and O–H groups in total. The van der Waals surface area contributed by atoms with Crippen LogP contribution >= 0.6 is 0 Å². The summed E-state index contributed by atoms with van der Waals surface area (Å²) < 4.78 is 25.3. The van der Waals surface area contributed by atoms with Gasteiger partial charge in [-0.15, -0.1) is 0 Å². The number of carbonyl (C=O) groups is 1. The quantitative estimate of drug-likeness (QED) is 0.504. The zero-order chi connectivity index (χ0) is 24.4. The zero-order valence-corrected chi connectivity index (χ0v) is 21.8. The second-order valence-electron chi connectivity index (χ2n) is 11.4. The van der Waals surface area contributed by atoms with Crippen molar-refractivity contribution in [2.24, 2.45) is 17.8 Å². The number of nitrogens with one attached hydrogen (secondary N) is 1. The van der Waals surface area contributed by atoms with Crippen molar-refractivity contribution >= 4 is 16.7 Å². The predicted octanol–water partition coefficient (Wildman–Crippen LogP) is 6.03. The maximum Gasteiger partial charge on any atom is 0.291 e. The van der Waals surface area contributed by atoms with Crippen molar-refractivity contribution in [3.8, 4) is 5.88 Å². The average Bonchev–Trinajstić information content (AvgIpc) is 3.26. The van der Waals surface area contributed by atoms with Gasteiger partial charge in [-0.25, -0.2) is 0 Å². The van der Waals surface area contributed by atoms with Gasteiger partial charge in [-0.1, -0.05) is 56.5 Å². The molecule has 5 rings (SSSR count). The van der Waals surface area contributed by atoms with Crippen molar-refractivity contribution < 1.29 is 18.3 Å². The normalized spacial score (nSPS) is 29.9. The highest BCUT2D eigenvalue weighted by Crippen LogP contribution is 2.46. The fraction of sp³-hybridized carbons (Fsp3) is 0.643. The fourth-order valence-electron chi connectivity index (χ4n) is 6.87. The lowest BCUT2D eigenvalue weighted by Gasteiger charge is -2.47. The van der Waals surface area contributed by atoms with E-state index in [1.807, 2.05) is 30.3 Å². The zero-order valence-electron chi connectivity index (χ0n) is 21.0. The molecule has 3 atom stereocenters. The number of benzene rings is 1. The van der Waals surface area contributed by atoms with Crippen molar-refractivity contribution in [1.82, 2.24) is 10.5 Å². The van der Waals surface area contributed by atoms with E-state index >= 15 is 0 Å². The minimum absolute atomic E-state index is 0.000105. The Morgan fingerprint density at radius 3 is 2.49 bits per heavy atom. The first-order valence-electron chi connectivity index (χ1n) is 13.3. The summed E-state index contributed by atoms with van der Waals surface area (Å²) in [5.41, 5.74) is 0.693. The Bertz CT molecular complexity index is 1030. The molecule has 0 radical (unpaired) electrons. The van der Waals surface area contributed by atoms with Crippen molar-refractivity contribution in [3.05, 3.63) is 41.7 Å². The molecule has 1 aromatic carbocycles. The largest absolute Gasteiger partial charge is 0.470 e. The minimum Gasteiger partial charge on any atom is -0.470 e. The van der Waals surface area contributed by atoms with Crippen LogP contribution in [0, 0.1) is 17.8 Å². The van der Waals surface area contributed by atoms with Crippen LogP contribution < -0.4 is 10.1 Å². The summed E-state index contributed by atoms with van der Waals surface area (Å²) in [6, 6.07) is 9.78. The Kier molecular flexibility index (Phi) is 7.33. The molecule has 3 unspecified atom stereocenters. The second-order valence-corrected chi connectivity index (χ2v) is 13.1. The number of aromatic nitrogens is 1. The smallest absolute Gasteiger partial charge is 0.291 e. The summed E-state index contributed by atoms with van der Waals surface area (Å²) in [6.07, 6.45) is 10.8. The van der Waals surface area contributed by atoms with Gasteiger partial charge in [0.1, 0.15) is 6.61 Å². The molecule has 0 aliphatic heterocycles. The fourth-order valence-corrected chi connectivity index (χ4v) is 8.55. The van der Waals surface area contributed by atoms with Gasteiger partial charge in [-0.3, -0.25) is 9.00 Å². The summed E-state index contributed by atoms with van der Waals surface area (Å²) in [4.78, 5) is 13.9. The lowest BCUT2D eigenvalue weighted by Crippen LogP contribution is -2.52. The van der Waals surface area contributed by atoms with Crippen molar-refractivity contribution in [2.45, 2.75) is 100 Å². The van der Waals surface area contributed by atoms with Gasteiger partial charge in [0, 0.05) is 10.8 Å². The second kappa shape index (κ2) is 10.5. The SMILES string of the molecule is CC1CC2CC(C1)CC(C)(NC(=O)c1onc(OCc3ccccc3)c1S(=O)C1CCCCC1)C2. The molecular formula is C28H38N2O4S. The molecule has 1 amide bonds. The number of amides is 1. The van der Waals surface area contributed by atoms with Gasteiger partial charge in [-0.2, -0.15) is 0 Å². The standard InChI is InChI=1S/C28H38N2O4S/c1-19-13-21-15-22(14-19)17-28(2,16-21)29-26(31)24-25(35(32)23-11-7-4-8-12-23)27(30-34-24)33-18-20-9-5-3-6-10-20/h3,5-6,9-10,19,21-23H,4,7-8,11-18H2,1-2H3,(H,29,31). The highest BCUT2D eigenvalue weighted by molar-refractivity contribution is 7.85. The Morgan fingerprint density at radius 1 is 1.11 bits per heavy atom. The van der Waals surface area contributed by atoms with E-state index in [9.17, 15) is 9.00 Å². The van der Waals surface area contributed by atoms with Crippen LogP contribution in [0.1, 0.15) is 94.2 Å². The summed E-state index contributed by atoms with van der Waals surface area (Å²) >= 11 is 0. The van der Waals surface area contributed by atoms with E-state index in [1.54, 1.807) is 0 Å². The number of hydrogen-bond acceptors (Lipinski definition) is 5. The Morgan fingerprint density at radius 2 is 1.80 bits per heavy atom. The number of ether oxygens (including phenoxy) is 1. The molecule has 0 spiro atoms. The summed E-state index contributed by atoms with van der Waals surface area (Å²) in [5.74, 6) is 1.99. The number of carbonyl (C=O) groups excluding carboxylic acids is 1. The molecule has 6 nitrogen and oxygen atoms in total. The maximum absolute atomic E-state index is 13.7. The molecule has 0 saturated heterocycles. The number of hydrogen-bond donors (Lipinski definition) is 1. The average molecular weight is 499 g/mol. The third kappa shape index (κ3) is 5.65. The van der Waals surface area contributed by atoms with Crippen LogP contribution in [0.15, 0.2) is 39.8 Å². The van der Waals surface area contributed by atoms with Gasteiger partial charge in [0.05, 0.1) is 10.8 Å². The number of rotatable bonds is 7. The van der Waals surface area contributed by atoms with Crippen LogP contribution in [0.5, 0.6) is 5.88 Å². The van der Waals surface area contributed by atoms with Gasteiger partial charge < -0.3 is 14.6 Å². The monoisotopic (exact) mass is 498 g/mol. The van der Waals surface area contributed by atoms with Crippen LogP contribution in [0.25, 0.3) is 0 Å². The van der Waals surface area contributed by atoms with Gasteiger partial charge in [0.15, 0.2) is 4.90 Å². The first-order valence-corrected chi connectivity index (χ1v) is 14.5. The Hall–Kier alpha value is -2.15. The van der Waals surface area contributed by atoms with E-state index < -0.39 is 10.8 Å². The van der Waals surface area contributed by atoms with Gasteiger partial charge in [-0.05, 0) is 80.3 Å². The molecule has 3 fully saturated rings. The number of nitrogens with zero attached hydrogens (tertiary/aromatic N) is 1. The predicted molar refractivity (Wildman–Crippen MR) is 136 cm³/mol. The van der Waals surface area contributed by atoms with E-state index in [4.69, 9.17) is 9.26 Å². The summed E-state index contributed by atoms with van der Waals surface area (Å²) in [7, 11) is -1.41. The Labute approximate surface area is 211 Å². The first kappa shape index (κ1) is 24.5. The van der Waals surface area contributed by atoms with E-state index in [-0.39, 0.29) is 34.9 Å². The van der Waals surface area contributed by atoms with Crippen molar-refractivity contribution in [3.63, 3.8) is 0 Å². The van der Waals surface area contributed by atoms with Crippen LogP contribution in [-0.2, 0) is 17.4 Å². The molecule has 35 heavy (non-hydrogen) atoms. The highest BCUT2D eigenvalue weighted by Gasteiger charge is 2.43. The lowest BCUT2D eigenvalue weighted by molar-refractivity contribution is 0.0591. The molecule has 3 aliphatic rings. The molecule has 7 heteroatoms. The van der Waals surface area contributed by atoms with Crippen LogP contribution in [0.2, 0.25) is 0 Å². The molecule has 1 heterocycles. The molecule has 1 aromatic heterocycles. The van der Waals surface area contributed by atoms with Crippen molar-refractivity contribution in [2.75, 3.05) is 0 Å². The molecular weight excluding hydrogens is 460 g/mol. The maximum atomic E-state index is 13.7. The van der Waals surface area contributed by atoms with E-state index in [1.165, 1.54) is 25.7 Å². The topological polar surface area (TPSA) is 81.4 Å². The first-order chi connectivity index (χ1) is 16.9. The van der Waals surface area contributed by atoms with E-state index in [0.29, 0.717) is 16.7 Å². The number of fused-ring (bicyclic) bond motifs is 2. The van der Waals surface area contributed by atoms with Crippen LogP contribution in [-0.4, -0.2) is 26.1 Å². The van der Waals surface area contributed by atoms with Gasteiger partial charge >= 0.3 is 0 Å². The third-order valence-corrected chi connectivity index (χ3v) is 9.97. The molecule has 2 aromatic rings. The van der Waals surface area contributed by atoms with Gasteiger partial charge in [0.25, 0.3) is 11.8 Å². The molecule has 2 bridgehead atoms. The molecule has 3 saturated carbocycles. The van der Waals surface area contributed by atoms with Crippen molar-refractivity contribution in [1.29, 1.82) is 0 Å². The van der Waals surface area contributed by atoms with E-state index in [0.717, 1.165) is 50.0 Å². The summed E-state index contributed by atoms with van der Waals surface area (Å²) in [6.45, 7) is 4.78.